The van der Waals surface area contributed by atoms with E-state index < -0.39 is 5.63 Å². The first kappa shape index (κ1) is 14.6. The van der Waals surface area contributed by atoms with Crippen LogP contribution in [0.1, 0.15) is 15.9 Å². The average molecular weight is 308 g/mol. The van der Waals surface area contributed by atoms with Gasteiger partial charge in [-0.05, 0) is 36.4 Å². The molecular formula is C18H12O5. The summed E-state index contributed by atoms with van der Waals surface area (Å²) in [6, 6.07) is 11.9. The van der Waals surface area contributed by atoms with Crippen LogP contribution in [-0.2, 0) is 0 Å². The number of aromatic hydroxyl groups is 1. The van der Waals surface area contributed by atoms with Crippen LogP contribution in [0.25, 0.3) is 11.0 Å². The lowest BCUT2D eigenvalue weighted by Gasteiger charge is -2.08. The maximum absolute atomic E-state index is 12.7. The summed E-state index contributed by atoms with van der Waals surface area (Å²) in [5, 5.41) is 10.2. The second kappa shape index (κ2) is 5.81. The summed E-state index contributed by atoms with van der Waals surface area (Å²) >= 11 is 0. The Bertz CT molecular complexity index is 969. The van der Waals surface area contributed by atoms with Crippen LogP contribution in [-0.4, -0.2) is 10.9 Å². The molecule has 0 amide bonds. The van der Waals surface area contributed by atoms with Crippen LogP contribution in [0.3, 0.4) is 0 Å². The van der Waals surface area contributed by atoms with Crippen molar-refractivity contribution in [1.82, 2.24) is 0 Å². The van der Waals surface area contributed by atoms with E-state index in [2.05, 4.69) is 6.58 Å². The molecule has 0 aliphatic heterocycles. The van der Waals surface area contributed by atoms with Gasteiger partial charge in [0.2, 0.25) is 0 Å². The Hall–Kier alpha value is -3.34. The molecule has 0 saturated heterocycles. The third kappa shape index (κ3) is 2.85. The second-order valence-corrected chi connectivity index (χ2v) is 4.80. The highest BCUT2D eigenvalue weighted by molar-refractivity contribution is 6.12. The Kier molecular flexibility index (Phi) is 3.68. The van der Waals surface area contributed by atoms with Crippen LogP contribution in [0.5, 0.6) is 11.5 Å². The van der Waals surface area contributed by atoms with Crippen molar-refractivity contribution in [3.63, 3.8) is 0 Å². The van der Waals surface area contributed by atoms with Crippen molar-refractivity contribution in [3.8, 4) is 11.5 Å². The molecular weight excluding hydrogens is 296 g/mol. The first-order valence-electron chi connectivity index (χ1n) is 6.77. The van der Waals surface area contributed by atoms with Gasteiger partial charge in [0, 0.05) is 23.1 Å². The summed E-state index contributed by atoms with van der Waals surface area (Å²) in [4.78, 5) is 23.9. The molecule has 2 aromatic carbocycles. The number of phenols is 1. The summed E-state index contributed by atoms with van der Waals surface area (Å²) in [6.45, 7) is 3.45. The Labute approximate surface area is 131 Å². The summed E-state index contributed by atoms with van der Waals surface area (Å²) in [6.07, 6.45) is 1.18. The van der Waals surface area contributed by atoms with Crippen molar-refractivity contribution in [2.45, 2.75) is 0 Å². The minimum atomic E-state index is -0.447. The van der Waals surface area contributed by atoms with Crippen molar-refractivity contribution in [1.29, 1.82) is 0 Å². The highest BCUT2D eigenvalue weighted by Crippen LogP contribution is 2.27. The van der Waals surface area contributed by atoms with E-state index in [-0.39, 0.29) is 17.3 Å². The molecule has 3 rings (SSSR count). The molecule has 0 fully saturated rings. The zero-order valence-electron chi connectivity index (χ0n) is 12.0. The Morgan fingerprint density at radius 2 is 1.96 bits per heavy atom. The van der Waals surface area contributed by atoms with Gasteiger partial charge in [0.1, 0.15) is 17.1 Å². The van der Waals surface area contributed by atoms with E-state index in [1.807, 2.05) is 0 Å². The average Bonchev–Trinajstić information content (AvgIpc) is 2.54. The molecule has 1 N–H and O–H groups in total. The molecule has 1 heterocycles. The number of carbonyl (C=O) groups excluding carboxylic acids is 1. The lowest BCUT2D eigenvalue weighted by atomic mass is 10.0. The monoisotopic (exact) mass is 308 g/mol. The zero-order valence-corrected chi connectivity index (χ0v) is 12.0. The molecule has 1 aromatic heterocycles. The van der Waals surface area contributed by atoms with Crippen LogP contribution in [0.2, 0.25) is 0 Å². The number of benzene rings is 2. The number of rotatable bonds is 4. The van der Waals surface area contributed by atoms with Crippen LogP contribution in [0.15, 0.2) is 70.6 Å². The molecule has 0 spiro atoms. The van der Waals surface area contributed by atoms with Crippen molar-refractivity contribution in [2.24, 2.45) is 0 Å². The minimum Gasteiger partial charge on any atom is -0.508 e. The predicted molar refractivity (Wildman–Crippen MR) is 84.8 cm³/mol. The summed E-state index contributed by atoms with van der Waals surface area (Å²) in [5.74, 6) is -0.0849. The van der Waals surface area contributed by atoms with E-state index >= 15 is 0 Å². The number of ketones is 1. The number of hydrogen-bond donors (Lipinski definition) is 1. The molecule has 0 radical (unpaired) electrons. The van der Waals surface area contributed by atoms with E-state index in [9.17, 15) is 14.7 Å². The second-order valence-electron chi connectivity index (χ2n) is 4.80. The van der Waals surface area contributed by atoms with E-state index in [1.54, 1.807) is 24.3 Å². The molecule has 0 aliphatic carbocycles. The van der Waals surface area contributed by atoms with Crippen LogP contribution in [0, 0.1) is 0 Å². The van der Waals surface area contributed by atoms with Crippen LogP contribution < -0.4 is 10.4 Å². The van der Waals surface area contributed by atoms with Gasteiger partial charge in [0.05, 0.1) is 11.8 Å². The molecule has 5 nitrogen and oxygen atoms in total. The largest absolute Gasteiger partial charge is 0.508 e. The maximum Gasteiger partial charge on any atom is 0.336 e. The number of carbonyl (C=O) groups is 1. The minimum absolute atomic E-state index is 0.0151. The smallest absolute Gasteiger partial charge is 0.336 e. The normalized spacial score (nSPS) is 10.4. The SMILES string of the molecule is C=COc1cc(O)ccc1C(=O)c1ccc2oc(=O)ccc2c1. The topological polar surface area (TPSA) is 76.7 Å². The van der Waals surface area contributed by atoms with Gasteiger partial charge in [0.25, 0.3) is 0 Å². The Morgan fingerprint density at radius 3 is 2.74 bits per heavy atom. The van der Waals surface area contributed by atoms with Gasteiger partial charge in [-0.15, -0.1) is 0 Å². The molecule has 114 valence electrons. The third-order valence-corrected chi connectivity index (χ3v) is 3.30. The third-order valence-electron chi connectivity index (χ3n) is 3.30. The van der Waals surface area contributed by atoms with Gasteiger partial charge in [-0.25, -0.2) is 4.79 Å². The Morgan fingerprint density at radius 1 is 1.13 bits per heavy atom. The highest BCUT2D eigenvalue weighted by atomic mass is 16.5. The van der Waals surface area contributed by atoms with E-state index in [4.69, 9.17) is 9.15 Å². The predicted octanol–water partition coefficient (Wildman–Crippen LogP) is 3.25. The van der Waals surface area contributed by atoms with Crippen molar-refractivity contribution >= 4 is 16.8 Å². The molecule has 3 aromatic rings. The van der Waals surface area contributed by atoms with E-state index in [0.717, 1.165) is 0 Å². The van der Waals surface area contributed by atoms with Gasteiger partial charge in [0.15, 0.2) is 5.78 Å². The fourth-order valence-electron chi connectivity index (χ4n) is 2.25. The number of fused-ring (bicyclic) bond motifs is 1. The molecule has 5 heteroatoms. The lowest BCUT2D eigenvalue weighted by molar-refractivity contribution is 0.103. The highest BCUT2D eigenvalue weighted by Gasteiger charge is 2.16. The molecule has 0 bridgehead atoms. The first-order valence-corrected chi connectivity index (χ1v) is 6.77. The molecule has 0 unspecified atom stereocenters. The van der Waals surface area contributed by atoms with Crippen molar-refractivity contribution in [2.75, 3.05) is 0 Å². The first-order chi connectivity index (χ1) is 11.1. The van der Waals surface area contributed by atoms with Gasteiger partial charge in [-0.3, -0.25) is 4.79 Å². The van der Waals surface area contributed by atoms with Gasteiger partial charge in [-0.2, -0.15) is 0 Å². The fourth-order valence-corrected chi connectivity index (χ4v) is 2.25. The van der Waals surface area contributed by atoms with Gasteiger partial charge < -0.3 is 14.3 Å². The molecule has 0 aliphatic rings. The Balaban J connectivity index is 2.08. The summed E-state index contributed by atoms with van der Waals surface area (Å²) in [5.41, 5.74) is 0.657. The standard InChI is InChI=1S/C18H12O5/c1-2-22-16-10-13(19)5-6-14(16)18(21)12-3-7-15-11(9-12)4-8-17(20)23-15/h2-10,19H,1H2. The number of ether oxygens (including phenoxy) is 1. The van der Waals surface area contributed by atoms with Gasteiger partial charge >= 0.3 is 5.63 Å². The summed E-state index contributed by atoms with van der Waals surface area (Å²) < 4.78 is 10.2. The van der Waals surface area contributed by atoms with Crippen LogP contribution in [0.4, 0.5) is 0 Å². The number of hydrogen-bond acceptors (Lipinski definition) is 5. The number of phenolic OH excluding ortho intramolecular Hbond substituents is 1. The van der Waals surface area contributed by atoms with E-state index in [1.165, 1.54) is 30.5 Å². The van der Waals surface area contributed by atoms with Gasteiger partial charge in [-0.1, -0.05) is 6.58 Å². The van der Waals surface area contributed by atoms with E-state index in [0.29, 0.717) is 22.1 Å². The fraction of sp³-hybridized carbons (Fsp3) is 0. The molecule has 0 saturated carbocycles. The quantitative estimate of drug-likeness (QED) is 0.455. The lowest BCUT2D eigenvalue weighted by Crippen LogP contribution is -2.04. The zero-order chi connectivity index (χ0) is 16.4. The molecule has 0 atom stereocenters. The van der Waals surface area contributed by atoms with Crippen molar-refractivity contribution < 1.29 is 19.1 Å². The molecule has 23 heavy (non-hydrogen) atoms. The van der Waals surface area contributed by atoms with Crippen LogP contribution >= 0.6 is 0 Å². The maximum atomic E-state index is 12.7. The summed E-state index contributed by atoms with van der Waals surface area (Å²) in [7, 11) is 0. The van der Waals surface area contributed by atoms with Crippen molar-refractivity contribution in [3.05, 3.63) is 82.9 Å².